The number of carbonyl (C=O) groups is 2. The van der Waals surface area contributed by atoms with Crippen molar-refractivity contribution in [3.63, 3.8) is 0 Å². The molecule has 0 aliphatic heterocycles. The molecule has 128 valence electrons. The fourth-order valence-corrected chi connectivity index (χ4v) is 2.32. The van der Waals surface area contributed by atoms with Crippen LogP contribution in [0.4, 0.5) is 0 Å². The van der Waals surface area contributed by atoms with Crippen molar-refractivity contribution >= 4 is 11.8 Å². The van der Waals surface area contributed by atoms with Gasteiger partial charge < -0.3 is 15.0 Å². The molecular formula is C18H28N2O3. The molecule has 0 saturated carbocycles. The number of hydrogen-bond donors (Lipinski definition) is 1. The van der Waals surface area contributed by atoms with Crippen molar-refractivity contribution < 1.29 is 14.3 Å². The molecule has 1 N–H and O–H groups in total. The van der Waals surface area contributed by atoms with Crippen LogP contribution in [-0.4, -0.2) is 49.1 Å². The zero-order valence-corrected chi connectivity index (χ0v) is 14.4. The van der Waals surface area contributed by atoms with Crippen LogP contribution in [0.15, 0.2) is 30.3 Å². The normalized spacial score (nSPS) is 11.8. The monoisotopic (exact) mass is 320 g/mol. The minimum Gasteiger partial charge on any atom is -0.362 e. The van der Waals surface area contributed by atoms with Gasteiger partial charge in [-0.15, -0.1) is 0 Å². The molecule has 2 amide bonds. The maximum atomic E-state index is 11.8. The molecule has 0 radical (unpaired) electrons. The van der Waals surface area contributed by atoms with Crippen molar-refractivity contribution in [2.45, 2.75) is 39.7 Å². The van der Waals surface area contributed by atoms with E-state index >= 15 is 0 Å². The summed E-state index contributed by atoms with van der Waals surface area (Å²) in [6.07, 6.45) is 1.79. The van der Waals surface area contributed by atoms with Crippen LogP contribution >= 0.6 is 0 Å². The predicted molar refractivity (Wildman–Crippen MR) is 91.1 cm³/mol. The van der Waals surface area contributed by atoms with Gasteiger partial charge in [-0.1, -0.05) is 30.3 Å². The van der Waals surface area contributed by atoms with Gasteiger partial charge in [0.1, 0.15) is 13.2 Å². The van der Waals surface area contributed by atoms with Crippen LogP contribution in [0.1, 0.15) is 32.8 Å². The molecule has 1 unspecified atom stereocenters. The van der Waals surface area contributed by atoms with Gasteiger partial charge in [-0.25, -0.2) is 0 Å². The lowest BCUT2D eigenvalue weighted by Gasteiger charge is -2.18. The van der Waals surface area contributed by atoms with E-state index < -0.39 is 0 Å². The largest absolute Gasteiger partial charge is 0.362 e. The molecular weight excluding hydrogens is 292 g/mol. The van der Waals surface area contributed by atoms with E-state index in [2.05, 4.69) is 17.4 Å². The van der Waals surface area contributed by atoms with Crippen molar-refractivity contribution in [1.82, 2.24) is 10.2 Å². The molecule has 0 spiro atoms. The Morgan fingerprint density at radius 2 is 1.78 bits per heavy atom. The van der Waals surface area contributed by atoms with Crippen LogP contribution in [0.25, 0.3) is 0 Å². The highest BCUT2D eigenvalue weighted by Crippen LogP contribution is 2.04. The average molecular weight is 320 g/mol. The Hall–Kier alpha value is -1.88. The van der Waals surface area contributed by atoms with Crippen molar-refractivity contribution in [3.8, 4) is 0 Å². The number of hydrogen-bond acceptors (Lipinski definition) is 3. The second-order valence-electron chi connectivity index (χ2n) is 5.55. The van der Waals surface area contributed by atoms with Crippen LogP contribution in [0, 0.1) is 0 Å². The quantitative estimate of drug-likeness (QED) is 0.717. The minimum atomic E-state index is -0.182. The van der Waals surface area contributed by atoms with Gasteiger partial charge in [-0.05, 0) is 39.2 Å². The summed E-state index contributed by atoms with van der Waals surface area (Å²) in [6.45, 7) is 6.99. The zero-order chi connectivity index (χ0) is 17.1. The molecule has 5 heteroatoms. The predicted octanol–water partition coefficient (Wildman–Crippen LogP) is 2.01. The summed E-state index contributed by atoms with van der Waals surface area (Å²) in [6, 6.07) is 10.3. The molecule has 1 atom stereocenters. The van der Waals surface area contributed by atoms with Gasteiger partial charge in [-0.2, -0.15) is 0 Å². The first kappa shape index (κ1) is 19.2. The maximum absolute atomic E-state index is 11.8. The molecule has 0 saturated heterocycles. The second kappa shape index (κ2) is 10.8. The third kappa shape index (κ3) is 7.79. The molecule has 0 heterocycles. The van der Waals surface area contributed by atoms with E-state index in [1.807, 2.05) is 39.0 Å². The number of benzene rings is 1. The van der Waals surface area contributed by atoms with E-state index in [9.17, 15) is 9.59 Å². The van der Waals surface area contributed by atoms with E-state index in [-0.39, 0.29) is 31.1 Å². The number of aryl methyl sites for hydroxylation is 1. The summed E-state index contributed by atoms with van der Waals surface area (Å²) in [5.41, 5.74) is 1.26. The highest BCUT2D eigenvalue weighted by Gasteiger charge is 2.12. The number of nitrogens with one attached hydrogen (secondary N) is 1. The second-order valence-corrected chi connectivity index (χ2v) is 5.55. The van der Waals surface area contributed by atoms with Crippen molar-refractivity contribution in [2.75, 3.05) is 26.3 Å². The highest BCUT2D eigenvalue weighted by atomic mass is 16.5. The van der Waals surface area contributed by atoms with Crippen molar-refractivity contribution in [3.05, 3.63) is 35.9 Å². The van der Waals surface area contributed by atoms with Crippen LogP contribution < -0.4 is 5.32 Å². The lowest BCUT2D eigenvalue weighted by atomic mass is 10.1. The van der Waals surface area contributed by atoms with Crippen molar-refractivity contribution in [2.24, 2.45) is 0 Å². The van der Waals surface area contributed by atoms with E-state index in [4.69, 9.17) is 4.74 Å². The first-order valence-electron chi connectivity index (χ1n) is 8.25. The first-order chi connectivity index (χ1) is 11.1. The van der Waals surface area contributed by atoms with Crippen LogP contribution in [0.3, 0.4) is 0 Å². The standard InChI is InChI=1S/C18H28N2O3/c1-4-20(5-2)18(22)14-23-13-17(21)19-15(3)11-12-16-9-7-6-8-10-16/h6-10,15H,4-5,11-14H2,1-3H3,(H,19,21). The average Bonchev–Trinajstić information content (AvgIpc) is 2.55. The van der Waals surface area contributed by atoms with Gasteiger partial charge in [0.05, 0.1) is 0 Å². The Morgan fingerprint density at radius 1 is 1.13 bits per heavy atom. The van der Waals surface area contributed by atoms with Gasteiger partial charge in [0.15, 0.2) is 0 Å². The summed E-state index contributed by atoms with van der Waals surface area (Å²) in [5.74, 6) is -0.266. The molecule has 0 bridgehead atoms. The number of ether oxygens (including phenoxy) is 1. The molecule has 0 fully saturated rings. The Morgan fingerprint density at radius 3 is 2.39 bits per heavy atom. The van der Waals surface area contributed by atoms with Gasteiger partial charge >= 0.3 is 0 Å². The third-order valence-corrected chi connectivity index (χ3v) is 3.69. The molecule has 23 heavy (non-hydrogen) atoms. The summed E-state index contributed by atoms with van der Waals surface area (Å²) in [5, 5.41) is 2.89. The first-order valence-corrected chi connectivity index (χ1v) is 8.25. The Bertz CT molecular complexity index is 472. The number of likely N-dealkylation sites (N-methyl/N-ethyl adjacent to an activating group) is 1. The third-order valence-electron chi connectivity index (χ3n) is 3.69. The van der Waals surface area contributed by atoms with Crippen LogP contribution in [-0.2, 0) is 20.7 Å². The van der Waals surface area contributed by atoms with Gasteiger partial charge in [0.25, 0.3) is 0 Å². The van der Waals surface area contributed by atoms with E-state index in [0.29, 0.717) is 13.1 Å². The van der Waals surface area contributed by atoms with Gasteiger partial charge in [-0.3, -0.25) is 9.59 Å². The topological polar surface area (TPSA) is 58.6 Å². The minimum absolute atomic E-state index is 0.0481. The van der Waals surface area contributed by atoms with Gasteiger partial charge in [0.2, 0.25) is 11.8 Å². The fourth-order valence-electron chi connectivity index (χ4n) is 2.32. The van der Waals surface area contributed by atoms with Crippen molar-refractivity contribution in [1.29, 1.82) is 0 Å². The molecule has 5 nitrogen and oxygen atoms in total. The maximum Gasteiger partial charge on any atom is 0.248 e. The smallest absolute Gasteiger partial charge is 0.248 e. The number of amides is 2. The summed E-state index contributed by atoms with van der Waals surface area (Å²) < 4.78 is 5.20. The molecule has 0 aliphatic rings. The SMILES string of the molecule is CCN(CC)C(=O)COCC(=O)NC(C)CCc1ccccc1. The molecule has 1 rings (SSSR count). The lowest BCUT2D eigenvalue weighted by molar-refractivity contribution is -0.138. The molecule has 1 aromatic carbocycles. The Balaban J connectivity index is 2.19. The Labute approximate surface area is 139 Å². The van der Waals surface area contributed by atoms with E-state index in [1.165, 1.54) is 5.56 Å². The number of nitrogens with zero attached hydrogens (tertiary/aromatic N) is 1. The van der Waals surface area contributed by atoms with E-state index in [1.54, 1.807) is 4.90 Å². The highest BCUT2D eigenvalue weighted by molar-refractivity contribution is 5.79. The lowest BCUT2D eigenvalue weighted by Crippen LogP contribution is -2.38. The molecule has 0 aromatic heterocycles. The Kier molecular flexibility index (Phi) is 8.98. The fraction of sp³-hybridized carbons (Fsp3) is 0.556. The zero-order valence-electron chi connectivity index (χ0n) is 14.4. The van der Waals surface area contributed by atoms with Crippen LogP contribution in [0.2, 0.25) is 0 Å². The number of rotatable bonds is 10. The number of carbonyl (C=O) groups excluding carboxylic acids is 2. The van der Waals surface area contributed by atoms with E-state index in [0.717, 1.165) is 12.8 Å². The van der Waals surface area contributed by atoms with Gasteiger partial charge in [0, 0.05) is 19.1 Å². The summed E-state index contributed by atoms with van der Waals surface area (Å²) in [4.78, 5) is 25.2. The molecule has 1 aromatic rings. The summed E-state index contributed by atoms with van der Waals surface area (Å²) >= 11 is 0. The molecule has 0 aliphatic carbocycles. The van der Waals surface area contributed by atoms with Crippen LogP contribution in [0.5, 0.6) is 0 Å². The summed E-state index contributed by atoms with van der Waals surface area (Å²) in [7, 11) is 0.